The fraction of sp³-hybridized carbons (Fsp3) is 0.833. The lowest BCUT2D eigenvalue weighted by Gasteiger charge is -2.62. The topological polar surface area (TPSA) is 57.5 Å². The molecule has 186 valence electrons. The number of aliphatic hydroxyl groups excluding tert-OH is 1. The summed E-state index contributed by atoms with van der Waals surface area (Å²) < 4.78 is 0. The molecule has 0 radical (unpaired) electrons. The van der Waals surface area contributed by atoms with E-state index < -0.39 is 5.97 Å². The lowest BCUT2D eigenvalue weighted by Crippen LogP contribution is -2.55. The summed E-state index contributed by atoms with van der Waals surface area (Å²) >= 11 is 0. The van der Waals surface area contributed by atoms with Gasteiger partial charge < -0.3 is 10.2 Å². The van der Waals surface area contributed by atoms with E-state index in [9.17, 15) is 9.90 Å². The maximum absolute atomic E-state index is 11.1. The van der Waals surface area contributed by atoms with E-state index in [2.05, 4.69) is 41.5 Å². The van der Waals surface area contributed by atoms with Crippen LogP contribution >= 0.6 is 0 Å². The van der Waals surface area contributed by atoms with Gasteiger partial charge in [0.25, 0.3) is 0 Å². The van der Waals surface area contributed by atoms with Gasteiger partial charge in [-0.15, -0.1) is 0 Å². The van der Waals surface area contributed by atoms with Gasteiger partial charge in [0.1, 0.15) is 0 Å². The molecule has 0 spiro atoms. The largest absolute Gasteiger partial charge is 0.478 e. The van der Waals surface area contributed by atoms with Crippen LogP contribution in [0.2, 0.25) is 0 Å². The predicted octanol–water partition coefficient (Wildman–Crippen LogP) is 7.54. The monoisotopic (exact) mass is 456 g/mol. The van der Waals surface area contributed by atoms with Crippen molar-refractivity contribution in [2.75, 3.05) is 0 Å². The molecule has 2 unspecified atom stereocenters. The van der Waals surface area contributed by atoms with E-state index in [1.165, 1.54) is 38.5 Å². The molecule has 2 saturated carbocycles. The molecule has 3 heteroatoms. The van der Waals surface area contributed by atoms with Crippen molar-refractivity contribution in [1.82, 2.24) is 0 Å². The molecular formula is C30H48O3. The van der Waals surface area contributed by atoms with Crippen molar-refractivity contribution >= 4 is 5.97 Å². The first-order chi connectivity index (χ1) is 15.3. The normalized spacial score (nSPS) is 43.5. The van der Waals surface area contributed by atoms with Gasteiger partial charge in [-0.3, -0.25) is 0 Å². The highest BCUT2D eigenvalue weighted by atomic mass is 16.4. The van der Waals surface area contributed by atoms with Crippen LogP contribution in [0.1, 0.15) is 113 Å². The molecule has 4 rings (SSSR count). The van der Waals surface area contributed by atoms with Crippen molar-refractivity contribution in [2.24, 2.45) is 39.4 Å². The molecule has 0 saturated heterocycles. The van der Waals surface area contributed by atoms with Crippen LogP contribution in [-0.4, -0.2) is 22.3 Å². The number of carbonyl (C=O) groups is 1. The fourth-order valence-electron chi connectivity index (χ4n) is 9.48. The molecule has 2 fully saturated rings. The molecular weight excluding hydrogens is 408 g/mol. The number of carboxylic acids is 1. The molecule has 0 amide bonds. The lowest BCUT2D eigenvalue weighted by molar-refractivity contribution is -0.132. The van der Waals surface area contributed by atoms with Gasteiger partial charge in [-0.1, -0.05) is 58.8 Å². The Morgan fingerprint density at radius 1 is 1.03 bits per heavy atom. The highest BCUT2D eigenvalue weighted by molar-refractivity contribution is 5.85. The van der Waals surface area contributed by atoms with Crippen molar-refractivity contribution < 1.29 is 15.0 Å². The van der Waals surface area contributed by atoms with E-state index in [0.29, 0.717) is 34.2 Å². The van der Waals surface area contributed by atoms with Crippen molar-refractivity contribution in [2.45, 2.75) is 119 Å². The Morgan fingerprint density at radius 3 is 2.39 bits per heavy atom. The molecule has 4 aliphatic rings. The summed E-state index contributed by atoms with van der Waals surface area (Å²) in [6.07, 6.45) is 13.3. The van der Waals surface area contributed by atoms with Crippen LogP contribution in [0, 0.1) is 39.4 Å². The number of fused-ring (bicyclic) bond motifs is 4. The molecule has 0 aromatic rings. The number of hydrogen-bond acceptors (Lipinski definition) is 2. The van der Waals surface area contributed by atoms with Gasteiger partial charge in [0.15, 0.2) is 0 Å². The maximum Gasteiger partial charge on any atom is 0.330 e. The van der Waals surface area contributed by atoms with Crippen molar-refractivity contribution in [3.8, 4) is 0 Å². The number of rotatable bonds is 5. The smallest absolute Gasteiger partial charge is 0.330 e. The second-order valence-corrected chi connectivity index (χ2v) is 13.5. The Labute approximate surface area is 202 Å². The van der Waals surface area contributed by atoms with Gasteiger partial charge >= 0.3 is 5.97 Å². The fourth-order valence-corrected chi connectivity index (χ4v) is 9.48. The second kappa shape index (κ2) is 8.25. The summed E-state index contributed by atoms with van der Waals surface area (Å²) in [6, 6.07) is 0. The highest BCUT2D eigenvalue weighted by Gasteiger charge is 2.63. The maximum atomic E-state index is 11.1. The standard InChI is InChI=1S/C30H48O3/c1-19(9-8-10-20(2)26(32)33)21-13-17-30(7)23-11-12-24-27(3,4)25(31)15-16-28(24,5)22(23)14-18-29(21,30)6/h10,19,21,24-25,31H,8-9,11-18H2,1-7H3,(H,32,33)/b20-10-/t19-,21?,24?,25-,28-,29-,30+/m1/s1. The second-order valence-electron chi connectivity index (χ2n) is 13.5. The molecule has 2 N–H and O–H groups in total. The molecule has 7 atom stereocenters. The molecule has 0 bridgehead atoms. The summed E-state index contributed by atoms with van der Waals surface area (Å²) in [5.41, 5.74) is 4.95. The molecule has 0 aliphatic heterocycles. The van der Waals surface area contributed by atoms with Crippen LogP contribution < -0.4 is 0 Å². The number of hydrogen-bond donors (Lipinski definition) is 2. The molecule has 0 heterocycles. The first kappa shape index (κ1) is 25.0. The first-order valence-electron chi connectivity index (χ1n) is 13.6. The van der Waals surface area contributed by atoms with Crippen molar-refractivity contribution in [1.29, 1.82) is 0 Å². The van der Waals surface area contributed by atoms with Gasteiger partial charge in [0, 0.05) is 5.57 Å². The summed E-state index contributed by atoms with van der Waals surface area (Å²) in [5, 5.41) is 20.0. The lowest BCUT2D eigenvalue weighted by atomic mass is 9.43. The van der Waals surface area contributed by atoms with Crippen molar-refractivity contribution in [3.63, 3.8) is 0 Å². The zero-order valence-corrected chi connectivity index (χ0v) is 22.3. The van der Waals surface area contributed by atoms with E-state index in [0.717, 1.165) is 25.7 Å². The van der Waals surface area contributed by atoms with E-state index >= 15 is 0 Å². The third-order valence-corrected chi connectivity index (χ3v) is 11.9. The quantitative estimate of drug-likeness (QED) is 0.332. The van der Waals surface area contributed by atoms with E-state index in [1.54, 1.807) is 18.1 Å². The summed E-state index contributed by atoms with van der Waals surface area (Å²) in [5.74, 6) is 1.12. The minimum atomic E-state index is -0.794. The van der Waals surface area contributed by atoms with Crippen molar-refractivity contribution in [3.05, 3.63) is 22.8 Å². The first-order valence-corrected chi connectivity index (χ1v) is 13.6. The Kier molecular flexibility index (Phi) is 6.25. The molecule has 0 aromatic carbocycles. The number of carboxylic acid groups (broad SMARTS) is 1. The average molecular weight is 457 g/mol. The van der Waals surface area contributed by atoms with Crippen LogP contribution in [0.15, 0.2) is 22.8 Å². The van der Waals surface area contributed by atoms with Gasteiger partial charge in [-0.25, -0.2) is 4.79 Å². The Morgan fingerprint density at radius 2 is 1.73 bits per heavy atom. The Bertz CT molecular complexity index is 866. The Hall–Kier alpha value is -1.09. The van der Waals surface area contributed by atoms with Crippen LogP contribution in [0.3, 0.4) is 0 Å². The minimum absolute atomic E-state index is 0.00150. The van der Waals surface area contributed by atoms with Gasteiger partial charge in [0.05, 0.1) is 6.10 Å². The molecule has 3 nitrogen and oxygen atoms in total. The van der Waals surface area contributed by atoms with E-state index in [-0.39, 0.29) is 16.9 Å². The number of aliphatic hydroxyl groups is 1. The van der Waals surface area contributed by atoms with Crippen LogP contribution in [0.5, 0.6) is 0 Å². The summed E-state index contributed by atoms with van der Waals surface area (Å²) in [7, 11) is 0. The van der Waals surface area contributed by atoms with E-state index in [4.69, 9.17) is 5.11 Å². The van der Waals surface area contributed by atoms with Crippen LogP contribution in [0.25, 0.3) is 0 Å². The molecule has 4 aliphatic carbocycles. The zero-order valence-electron chi connectivity index (χ0n) is 22.3. The predicted molar refractivity (Wildman–Crippen MR) is 135 cm³/mol. The highest BCUT2D eigenvalue weighted by Crippen LogP contribution is 2.72. The number of aliphatic carboxylic acids is 1. The molecule has 33 heavy (non-hydrogen) atoms. The zero-order chi connectivity index (χ0) is 24.4. The number of allylic oxidation sites excluding steroid dienone is 3. The van der Waals surface area contributed by atoms with Gasteiger partial charge in [-0.05, 0) is 111 Å². The van der Waals surface area contributed by atoms with Gasteiger partial charge in [0.2, 0.25) is 0 Å². The van der Waals surface area contributed by atoms with Crippen LogP contribution in [-0.2, 0) is 4.79 Å². The van der Waals surface area contributed by atoms with E-state index in [1.807, 2.05) is 6.08 Å². The average Bonchev–Trinajstić information content (AvgIpc) is 3.02. The molecule has 0 aromatic heterocycles. The third kappa shape index (κ3) is 3.58. The van der Waals surface area contributed by atoms with Gasteiger partial charge in [-0.2, -0.15) is 0 Å². The van der Waals surface area contributed by atoms with Crippen LogP contribution in [0.4, 0.5) is 0 Å². The summed E-state index contributed by atoms with van der Waals surface area (Å²) in [4.78, 5) is 11.1. The third-order valence-electron chi connectivity index (χ3n) is 11.9. The Balaban J connectivity index is 1.60. The SMILES string of the molecule is C/C(=C/CC[C@@H](C)C1CC[C@@]2(C)C3=C(CC[C@]12C)[C@@]1(C)CC[C@@H](O)C(C)(C)C1CC3)C(=O)O. The minimum Gasteiger partial charge on any atom is -0.478 e. The summed E-state index contributed by atoms with van der Waals surface area (Å²) in [6.45, 7) is 16.5.